The van der Waals surface area contributed by atoms with Gasteiger partial charge in [-0.1, -0.05) is 30.3 Å². The van der Waals surface area contributed by atoms with Gasteiger partial charge in [0.25, 0.3) is 0 Å². The molecule has 3 rings (SSSR count). The Morgan fingerprint density at radius 2 is 1.91 bits per heavy atom. The highest BCUT2D eigenvalue weighted by Crippen LogP contribution is 2.24. The van der Waals surface area contributed by atoms with Crippen molar-refractivity contribution in [1.82, 2.24) is 10.6 Å². The number of nitrogens with one attached hydrogen (secondary N) is 2. The molecule has 0 amide bonds. The summed E-state index contributed by atoms with van der Waals surface area (Å²) in [4.78, 5) is 0. The largest absolute Gasteiger partial charge is 0.309 e. The van der Waals surface area contributed by atoms with Gasteiger partial charge in [0.15, 0.2) is 0 Å². The molecule has 2 atom stereocenters. The van der Waals surface area contributed by atoms with Crippen LogP contribution in [0.4, 0.5) is 8.78 Å². The highest BCUT2D eigenvalue weighted by molar-refractivity contribution is 5.22. The van der Waals surface area contributed by atoms with Crippen LogP contribution in [0.5, 0.6) is 0 Å². The summed E-state index contributed by atoms with van der Waals surface area (Å²) < 4.78 is 27.0. The highest BCUT2D eigenvalue weighted by atomic mass is 19.1. The number of halogens is 2. The Morgan fingerprint density at radius 1 is 1.09 bits per heavy atom. The number of rotatable bonds is 4. The Labute approximate surface area is 129 Å². The van der Waals surface area contributed by atoms with Crippen molar-refractivity contribution in [2.75, 3.05) is 6.54 Å². The molecule has 2 aromatic rings. The van der Waals surface area contributed by atoms with Crippen LogP contribution in [0, 0.1) is 11.6 Å². The Morgan fingerprint density at radius 3 is 2.73 bits per heavy atom. The van der Waals surface area contributed by atoms with Crippen molar-refractivity contribution in [3.63, 3.8) is 0 Å². The second-order valence-electron chi connectivity index (χ2n) is 5.71. The lowest BCUT2D eigenvalue weighted by Crippen LogP contribution is -2.45. The van der Waals surface area contributed by atoms with E-state index in [1.165, 1.54) is 17.7 Å². The van der Waals surface area contributed by atoms with E-state index < -0.39 is 5.82 Å². The van der Waals surface area contributed by atoms with E-state index in [1.54, 1.807) is 0 Å². The van der Waals surface area contributed by atoms with Crippen LogP contribution >= 0.6 is 0 Å². The summed E-state index contributed by atoms with van der Waals surface area (Å²) in [6.07, 6.45) is 2.09. The first-order valence-electron chi connectivity index (χ1n) is 7.69. The zero-order valence-corrected chi connectivity index (χ0v) is 12.4. The normalized spacial score (nSPS) is 21.7. The van der Waals surface area contributed by atoms with Gasteiger partial charge in [0.05, 0.1) is 0 Å². The zero-order valence-electron chi connectivity index (χ0n) is 12.4. The first kappa shape index (κ1) is 15.1. The molecule has 0 saturated carbocycles. The molecule has 2 N–H and O–H groups in total. The molecule has 4 heteroatoms. The second kappa shape index (κ2) is 6.99. The minimum absolute atomic E-state index is 0.201. The van der Waals surface area contributed by atoms with E-state index in [4.69, 9.17) is 0 Å². The lowest BCUT2D eigenvalue weighted by Gasteiger charge is -2.34. The van der Waals surface area contributed by atoms with Gasteiger partial charge in [0, 0.05) is 24.2 Å². The van der Waals surface area contributed by atoms with Gasteiger partial charge < -0.3 is 10.6 Å². The van der Waals surface area contributed by atoms with Crippen molar-refractivity contribution in [3.8, 4) is 0 Å². The molecular formula is C18H20F2N2. The summed E-state index contributed by atoms with van der Waals surface area (Å²) in [6, 6.07) is 14.2. The van der Waals surface area contributed by atoms with Gasteiger partial charge in [-0.3, -0.25) is 0 Å². The van der Waals surface area contributed by atoms with E-state index in [-0.39, 0.29) is 17.9 Å². The lowest BCUT2D eigenvalue weighted by molar-refractivity contribution is 0.303. The maximum absolute atomic E-state index is 13.7. The maximum atomic E-state index is 13.7. The summed E-state index contributed by atoms with van der Waals surface area (Å²) in [6.45, 7) is 1.31. The molecule has 1 fully saturated rings. The van der Waals surface area contributed by atoms with Crippen molar-refractivity contribution in [2.45, 2.75) is 31.5 Å². The molecule has 22 heavy (non-hydrogen) atoms. The predicted octanol–water partition coefficient (Wildman–Crippen LogP) is 3.55. The predicted molar refractivity (Wildman–Crippen MR) is 83.4 cm³/mol. The van der Waals surface area contributed by atoms with Gasteiger partial charge in [0.2, 0.25) is 0 Å². The summed E-state index contributed by atoms with van der Waals surface area (Å²) in [5, 5.41) is 6.90. The summed E-state index contributed by atoms with van der Waals surface area (Å²) in [7, 11) is 0. The van der Waals surface area contributed by atoms with Crippen LogP contribution < -0.4 is 10.6 Å². The third-order valence-electron chi connectivity index (χ3n) is 4.18. The maximum Gasteiger partial charge on any atom is 0.127 e. The molecule has 0 spiro atoms. The minimum Gasteiger partial charge on any atom is -0.309 e. The van der Waals surface area contributed by atoms with E-state index in [0.29, 0.717) is 12.1 Å². The van der Waals surface area contributed by atoms with Gasteiger partial charge in [-0.05, 0) is 43.1 Å². The van der Waals surface area contributed by atoms with Crippen LogP contribution in [0.2, 0.25) is 0 Å². The average Bonchev–Trinajstić information content (AvgIpc) is 2.57. The molecule has 1 aliphatic rings. The Balaban J connectivity index is 1.71. The first-order chi connectivity index (χ1) is 10.7. The van der Waals surface area contributed by atoms with Crippen molar-refractivity contribution in [3.05, 3.63) is 71.3 Å². The number of benzene rings is 2. The van der Waals surface area contributed by atoms with E-state index >= 15 is 0 Å². The standard InChI is InChI=1S/C18H20F2N2/c19-15-8-9-16(20)14(11-15)12-22-17-7-4-10-21-18(17)13-5-2-1-3-6-13/h1-3,5-6,8-9,11,17-18,21-22H,4,7,10,12H2/t17-,18-/m0/s1. The quantitative estimate of drug-likeness (QED) is 0.902. The molecule has 0 unspecified atom stereocenters. The molecule has 116 valence electrons. The van der Waals surface area contributed by atoms with Crippen molar-refractivity contribution in [2.24, 2.45) is 0 Å². The molecule has 2 aromatic carbocycles. The van der Waals surface area contributed by atoms with E-state index in [0.717, 1.165) is 25.5 Å². The number of hydrogen-bond donors (Lipinski definition) is 2. The van der Waals surface area contributed by atoms with Gasteiger partial charge in [-0.2, -0.15) is 0 Å². The molecule has 0 aromatic heterocycles. The molecule has 2 nitrogen and oxygen atoms in total. The SMILES string of the molecule is Fc1ccc(F)c(CN[C@H]2CCCN[C@H]2c2ccccc2)c1. The summed E-state index contributed by atoms with van der Waals surface area (Å²) >= 11 is 0. The van der Waals surface area contributed by atoms with Crippen LogP contribution in [0.15, 0.2) is 48.5 Å². The second-order valence-corrected chi connectivity index (χ2v) is 5.71. The molecule has 0 radical (unpaired) electrons. The van der Waals surface area contributed by atoms with Gasteiger partial charge in [-0.25, -0.2) is 8.78 Å². The van der Waals surface area contributed by atoms with E-state index in [2.05, 4.69) is 22.8 Å². The summed E-state index contributed by atoms with van der Waals surface area (Å²) in [5.41, 5.74) is 1.59. The van der Waals surface area contributed by atoms with Crippen molar-refractivity contribution < 1.29 is 8.78 Å². The fourth-order valence-corrected chi connectivity index (χ4v) is 3.04. The topological polar surface area (TPSA) is 24.1 Å². The van der Waals surface area contributed by atoms with Crippen LogP contribution in [0.3, 0.4) is 0 Å². The van der Waals surface area contributed by atoms with Gasteiger partial charge in [-0.15, -0.1) is 0 Å². The third-order valence-corrected chi connectivity index (χ3v) is 4.18. The van der Waals surface area contributed by atoms with Gasteiger partial charge >= 0.3 is 0 Å². The minimum atomic E-state index is -0.403. The van der Waals surface area contributed by atoms with E-state index in [9.17, 15) is 8.78 Å². The van der Waals surface area contributed by atoms with Crippen LogP contribution in [0.1, 0.15) is 30.0 Å². The van der Waals surface area contributed by atoms with Crippen LogP contribution in [-0.4, -0.2) is 12.6 Å². The summed E-state index contributed by atoms with van der Waals surface area (Å²) in [5.74, 6) is -0.770. The van der Waals surface area contributed by atoms with Crippen molar-refractivity contribution >= 4 is 0 Å². The smallest absolute Gasteiger partial charge is 0.127 e. The Bertz CT molecular complexity index is 616. The average molecular weight is 302 g/mol. The van der Waals surface area contributed by atoms with Gasteiger partial charge in [0.1, 0.15) is 11.6 Å². The molecular weight excluding hydrogens is 282 g/mol. The molecule has 0 aliphatic carbocycles. The molecule has 1 aliphatic heterocycles. The first-order valence-corrected chi connectivity index (χ1v) is 7.69. The lowest BCUT2D eigenvalue weighted by atomic mass is 9.92. The van der Waals surface area contributed by atoms with Crippen LogP contribution in [-0.2, 0) is 6.54 Å². The third kappa shape index (κ3) is 3.51. The number of hydrogen-bond acceptors (Lipinski definition) is 2. The Kier molecular flexibility index (Phi) is 4.80. The number of piperidine rings is 1. The zero-order chi connectivity index (χ0) is 15.4. The molecule has 0 bridgehead atoms. The Hall–Kier alpha value is -1.78. The fraction of sp³-hybridized carbons (Fsp3) is 0.333. The highest BCUT2D eigenvalue weighted by Gasteiger charge is 2.25. The monoisotopic (exact) mass is 302 g/mol. The van der Waals surface area contributed by atoms with Crippen molar-refractivity contribution in [1.29, 1.82) is 0 Å². The van der Waals surface area contributed by atoms with E-state index in [1.807, 2.05) is 18.2 Å². The fourth-order valence-electron chi connectivity index (χ4n) is 3.04. The van der Waals surface area contributed by atoms with Crippen LogP contribution in [0.25, 0.3) is 0 Å². The molecule has 1 saturated heterocycles. The molecule has 1 heterocycles.